The van der Waals surface area contributed by atoms with Crippen LogP contribution < -0.4 is 10.6 Å². The van der Waals surface area contributed by atoms with E-state index in [4.69, 9.17) is 33.2 Å². The third kappa shape index (κ3) is 22.4. The van der Waals surface area contributed by atoms with Crippen LogP contribution in [0.3, 0.4) is 0 Å². The summed E-state index contributed by atoms with van der Waals surface area (Å²) in [5.74, 6) is -8.48. The molecule has 10 atom stereocenters. The molecule has 7 heterocycles. The maximum atomic E-state index is 15.2. The average Bonchev–Trinajstić information content (AvgIpc) is 1.55. The van der Waals surface area contributed by atoms with Crippen molar-refractivity contribution in [3.63, 3.8) is 0 Å². The quantitative estimate of drug-likeness (QED) is 0.0221. The van der Waals surface area contributed by atoms with Crippen LogP contribution in [-0.2, 0) is 97.0 Å². The molecule has 24 nitrogen and oxygen atoms in total. The number of halogens is 4. The molecule has 0 bridgehead atoms. The lowest BCUT2D eigenvalue weighted by Crippen LogP contribution is -2.51. The van der Waals surface area contributed by atoms with Crippen LogP contribution in [0.2, 0.25) is 0 Å². The van der Waals surface area contributed by atoms with Crippen molar-refractivity contribution < 1.29 is 105 Å². The highest BCUT2D eigenvalue weighted by molar-refractivity contribution is 5.98. The Morgan fingerprint density at radius 1 is 0.465 bits per heavy atom. The summed E-state index contributed by atoms with van der Waals surface area (Å²) >= 11 is 0. The van der Waals surface area contributed by atoms with Crippen molar-refractivity contribution in [2.24, 2.45) is 11.8 Å². The second kappa shape index (κ2) is 36.1. The number of ether oxygens (including phenoxy) is 7. The first kappa shape index (κ1) is 75.1. The molecule has 0 unspecified atom stereocenters. The molecule has 6 N–H and O–H groups in total. The summed E-state index contributed by atoms with van der Waals surface area (Å²) in [5.41, 5.74) is -1.10. The van der Waals surface area contributed by atoms with E-state index in [1.165, 1.54) is 92.9 Å². The lowest BCUT2D eigenvalue weighted by molar-refractivity contribution is -0.158. The average molecular weight is 1590 g/mol. The summed E-state index contributed by atoms with van der Waals surface area (Å²) in [6.45, 7) is 25.0. The maximum absolute atomic E-state index is 15.2. The number of rotatable bonds is 21. The lowest BCUT2D eigenvalue weighted by atomic mass is 9.93. The summed E-state index contributed by atoms with van der Waals surface area (Å²) in [5, 5.41) is 6.78. The number of carbonyl (C=O) groups is 9. The van der Waals surface area contributed by atoms with Gasteiger partial charge < -0.3 is 73.5 Å². The van der Waals surface area contributed by atoms with Gasteiger partial charge in [0, 0.05) is 139 Å². The number of aromatic amines is 4. The van der Waals surface area contributed by atoms with E-state index in [9.17, 15) is 62.9 Å². The molecule has 12 rings (SSSR count). The minimum absolute atomic E-state index is 0.0587. The fourth-order valence-corrected chi connectivity index (χ4v) is 14.9. The summed E-state index contributed by atoms with van der Waals surface area (Å²) in [6.07, 6.45) is -12.4. The third-order valence-corrected chi connectivity index (χ3v) is 19.3. The van der Waals surface area contributed by atoms with Gasteiger partial charge in [-0.1, -0.05) is 13.8 Å². The first-order valence-electron chi connectivity index (χ1n) is 42.3. The van der Waals surface area contributed by atoms with E-state index < -0.39 is 168 Å². The standard InChI is InChI=1S/C49H63F2N5O10.C31H33F2N3O4.C6H12O2/c1-11-28(17-42(59)65-48(5,6)7)45(60)55-24-33(63-26(3)57)20-31(55)22-37-35-15-13-29(50)18-40(35)52-43(37)44-38(36-16-14-30(51)19-41(36)53-44)23-32-21-34(64-27(4)58)25-56(32)46(61)39(12-2)54-47(62)66-49(8,9)10;1-16(37)39-22-6-3-18(9-22)10-26-24-7-4-19(32)11-28(24)35-30(26)31-27(25-8-5-20(33)12-29(25)36-31)14-21-13-23(15-34-21)40-17(2)38;1-5(7)8-6(2,3)4/h13-16,18-19,28,31-34,39,52-53H,11-12,17,20-25H2,1-10H3,(H,54,62);4-5,7-8,11-12,18,21-23,34-36H,3,6,9-10,13-15H2,1-2H3;1-4H3/t28-,31+,32+,33+,34+,39+;18-,21-,22+,23-;/m10./s1/i22D2,23D2;10D2,14D2;. The molecule has 3 aliphatic heterocycles. The second-order valence-corrected chi connectivity index (χ2v) is 32.2. The molecule has 8 aromatic rings. The molecule has 4 aliphatic rings. The SMILES string of the molecule is CC(=O)OC(C)(C)C.[2H]C([2H])(c1c(-c2[nH]c3cc(F)ccc3c2C([2H])([2H])[C@@H]2C[C@H](OC(C)=O)CN2)[nH]c2cc(F)ccc12)[C@H]1CC[C@@H](OC(C)=O)C1.[2H]C([2H])(c1c(-c2[nH]c3cc(F)ccc3c2C([2H])([2H])[C@@H]2C[C@H](OC(C)=O)CN2C(=O)[C@H](CC)NC(=O)OC(C)(C)C)[nH]c2cc(F)ccc12)[C@@H]1C[C@H](OC(C)=O)CN1C(=O)[C@H](CC)CC(=O)OC(C)(C)C. The van der Waals surface area contributed by atoms with Crippen molar-refractivity contribution in [2.75, 3.05) is 19.6 Å². The van der Waals surface area contributed by atoms with Crippen LogP contribution in [0.5, 0.6) is 0 Å². The van der Waals surface area contributed by atoms with Crippen molar-refractivity contribution in [1.29, 1.82) is 0 Å². The van der Waals surface area contributed by atoms with Crippen molar-refractivity contribution in [1.82, 2.24) is 40.4 Å². The number of nitrogens with one attached hydrogen (secondary N) is 6. The molecule has 616 valence electrons. The Kier molecular flexibility index (Phi) is 23.8. The summed E-state index contributed by atoms with van der Waals surface area (Å²) < 4.78 is 175. The molecule has 3 saturated heterocycles. The molecular weight excluding hydrogens is 1480 g/mol. The highest BCUT2D eigenvalue weighted by Crippen LogP contribution is 2.44. The molecule has 1 saturated carbocycles. The minimum Gasteiger partial charge on any atom is -0.463 e. The molecule has 4 fully saturated rings. The van der Waals surface area contributed by atoms with E-state index in [0.717, 1.165) is 24.3 Å². The van der Waals surface area contributed by atoms with E-state index >= 15 is 8.78 Å². The van der Waals surface area contributed by atoms with Gasteiger partial charge >= 0.3 is 41.9 Å². The van der Waals surface area contributed by atoms with Gasteiger partial charge in [0.1, 0.15) is 70.5 Å². The van der Waals surface area contributed by atoms with Gasteiger partial charge in [-0.3, -0.25) is 38.4 Å². The van der Waals surface area contributed by atoms with Gasteiger partial charge in [-0.25, -0.2) is 22.4 Å². The smallest absolute Gasteiger partial charge is 0.408 e. The Morgan fingerprint density at radius 2 is 0.851 bits per heavy atom. The fraction of sp³-hybridized carbons (Fsp3) is 0.523. The molecule has 28 heteroatoms. The molecule has 3 amide bonds. The number of hydrogen-bond acceptors (Lipinski definition) is 17. The molecule has 4 aromatic heterocycles. The zero-order valence-electron chi connectivity index (χ0n) is 75.1. The van der Waals surface area contributed by atoms with Crippen molar-refractivity contribution in [3.8, 4) is 22.8 Å². The number of H-pyrrole nitrogens is 4. The molecule has 1 aliphatic carbocycles. The van der Waals surface area contributed by atoms with E-state index in [1.807, 2.05) is 20.8 Å². The number of benzene rings is 4. The van der Waals surface area contributed by atoms with Gasteiger partial charge in [0.05, 0.1) is 42.3 Å². The van der Waals surface area contributed by atoms with Crippen molar-refractivity contribution in [2.45, 2.75) is 259 Å². The Labute approximate surface area is 672 Å². The summed E-state index contributed by atoms with van der Waals surface area (Å²) in [6, 6.07) is 10.2. The van der Waals surface area contributed by atoms with Crippen LogP contribution >= 0.6 is 0 Å². The van der Waals surface area contributed by atoms with Gasteiger partial charge in [-0.05, 0) is 221 Å². The number of carbonyl (C=O) groups excluding carboxylic acids is 9. The van der Waals surface area contributed by atoms with Crippen LogP contribution in [0.1, 0.15) is 202 Å². The molecule has 4 aromatic carbocycles. The summed E-state index contributed by atoms with van der Waals surface area (Å²) in [7, 11) is 0. The summed E-state index contributed by atoms with van der Waals surface area (Å²) in [4.78, 5) is 128. The first-order valence-corrected chi connectivity index (χ1v) is 38.3. The van der Waals surface area contributed by atoms with E-state index in [2.05, 4.69) is 30.6 Å². The molecular formula is C86H108F4N8O16. The van der Waals surface area contributed by atoms with E-state index in [-0.39, 0.29) is 143 Å². The predicted molar refractivity (Wildman–Crippen MR) is 421 cm³/mol. The van der Waals surface area contributed by atoms with E-state index in [1.54, 1.807) is 55.4 Å². The number of likely N-dealkylation sites (tertiary alicyclic amines) is 2. The number of esters is 6. The number of alkyl carbamates (subject to hydrolysis) is 1. The Balaban J connectivity index is 0.000000254. The molecule has 0 spiro atoms. The molecule has 114 heavy (non-hydrogen) atoms. The molecule has 0 radical (unpaired) electrons. The van der Waals surface area contributed by atoms with Crippen molar-refractivity contribution in [3.05, 3.63) is 118 Å². The third-order valence-electron chi connectivity index (χ3n) is 19.3. The number of nitrogens with zero attached hydrogens (tertiary/aromatic N) is 2. The largest absolute Gasteiger partial charge is 0.463 e. The minimum atomic E-state index is -2.67. The zero-order valence-corrected chi connectivity index (χ0v) is 67.1. The monoisotopic (exact) mass is 1590 g/mol. The van der Waals surface area contributed by atoms with Gasteiger partial charge in [0.2, 0.25) is 11.8 Å². The van der Waals surface area contributed by atoms with Gasteiger partial charge in [0.25, 0.3) is 0 Å². The van der Waals surface area contributed by atoms with Crippen LogP contribution in [0.15, 0.2) is 72.8 Å². The van der Waals surface area contributed by atoms with Crippen LogP contribution in [0.25, 0.3) is 66.4 Å². The topological polar surface area (TPSA) is 312 Å². The number of hydrogen-bond donors (Lipinski definition) is 6. The number of fused-ring (bicyclic) bond motifs is 4. The lowest BCUT2D eigenvalue weighted by Gasteiger charge is -2.30. The second-order valence-electron chi connectivity index (χ2n) is 32.2. The van der Waals surface area contributed by atoms with Crippen LogP contribution in [0, 0.1) is 35.1 Å². The van der Waals surface area contributed by atoms with Crippen LogP contribution in [0.4, 0.5) is 22.4 Å². The van der Waals surface area contributed by atoms with Gasteiger partial charge in [0.15, 0.2) is 0 Å². The van der Waals surface area contributed by atoms with Gasteiger partial charge in [-0.15, -0.1) is 0 Å². The predicted octanol–water partition coefficient (Wildman–Crippen LogP) is 14.9. The van der Waals surface area contributed by atoms with Crippen LogP contribution in [-0.4, -0.2) is 168 Å². The normalized spacial score (nSPS) is 21.8. The fourth-order valence-electron chi connectivity index (χ4n) is 14.9. The first-order chi connectivity index (χ1) is 56.6. The Hall–Kier alpha value is -10.3. The zero-order chi connectivity index (χ0) is 90.3. The maximum Gasteiger partial charge on any atom is 0.408 e. The number of aromatic nitrogens is 4. The van der Waals surface area contributed by atoms with Crippen molar-refractivity contribution >= 4 is 97.3 Å². The highest BCUT2D eigenvalue weighted by atomic mass is 19.1. The number of amides is 3. The highest BCUT2D eigenvalue weighted by Gasteiger charge is 2.44. The Morgan fingerprint density at radius 3 is 1.23 bits per heavy atom. The van der Waals surface area contributed by atoms with Gasteiger partial charge in [-0.2, -0.15) is 0 Å². The van der Waals surface area contributed by atoms with E-state index in [0.29, 0.717) is 34.6 Å². The Bertz CT molecular complexity index is 4990.